The van der Waals surface area contributed by atoms with E-state index in [0.717, 1.165) is 4.47 Å². The fourth-order valence-electron chi connectivity index (χ4n) is 1.87. The van der Waals surface area contributed by atoms with Gasteiger partial charge in [-0.2, -0.15) is 0 Å². The largest absolute Gasteiger partial charge is 0.487 e. The number of benzene rings is 1. The van der Waals surface area contributed by atoms with Gasteiger partial charge in [0, 0.05) is 17.4 Å². The maximum atomic E-state index is 11.4. The molecule has 4 nitrogen and oxygen atoms in total. The molecule has 98 valence electrons. The van der Waals surface area contributed by atoms with E-state index < -0.39 is 0 Å². The van der Waals surface area contributed by atoms with E-state index in [-0.39, 0.29) is 18.1 Å². The van der Waals surface area contributed by atoms with E-state index in [1.807, 2.05) is 6.07 Å². The molecule has 1 saturated heterocycles. The molecule has 6 heteroatoms. The molecule has 0 aliphatic carbocycles. The molecular formula is C12H13BrClNO3. The minimum Gasteiger partial charge on any atom is -0.487 e. The highest BCUT2D eigenvalue weighted by Crippen LogP contribution is 2.29. The van der Waals surface area contributed by atoms with Crippen molar-refractivity contribution in [3.05, 3.63) is 27.7 Å². The second-order valence-corrected chi connectivity index (χ2v) is 5.36. The first-order chi connectivity index (χ1) is 8.60. The summed E-state index contributed by atoms with van der Waals surface area (Å²) in [5.74, 6) is 0.361. The number of methoxy groups -OCH3 is 1. The zero-order valence-electron chi connectivity index (χ0n) is 9.78. The highest BCUT2D eigenvalue weighted by Gasteiger charge is 2.31. The van der Waals surface area contributed by atoms with Crippen molar-refractivity contribution >= 4 is 33.5 Å². The van der Waals surface area contributed by atoms with Crippen LogP contribution in [-0.4, -0.2) is 31.8 Å². The molecule has 0 bridgehead atoms. The van der Waals surface area contributed by atoms with Crippen molar-refractivity contribution in [1.82, 2.24) is 5.32 Å². The molecular weight excluding hydrogens is 321 g/mol. The smallest absolute Gasteiger partial charge is 0.323 e. The Balaban J connectivity index is 1.97. The van der Waals surface area contributed by atoms with Crippen molar-refractivity contribution in [3.8, 4) is 5.75 Å². The lowest BCUT2D eigenvalue weighted by Crippen LogP contribution is -2.31. The molecule has 1 aliphatic rings. The van der Waals surface area contributed by atoms with Gasteiger partial charge in [-0.25, -0.2) is 0 Å². The molecule has 2 rings (SSSR count). The van der Waals surface area contributed by atoms with Crippen molar-refractivity contribution in [3.63, 3.8) is 0 Å². The molecule has 1 N–H and O–H groups in total. The summed E-state index contributed by atoms with van der Waals surface area (Å²) in [4.78, 5) is 11.4. The summed E-state index contributed by atoms with van der Waals surface area (Å²) in [6.07, 6.45) is 0.506. The Labute approximate surface area is 119 Å². The molecule has 1 aliphatic heterocycles. The van der Waals surface area contributed by atoms with Gasteiger partial charge >= 0.3 is 5.97 Å². The van der Waals surface area contributed by atoms with Crippen LogP contribution in [0.2, 0.25) is 5.02 Å². The van der Waals surface area contributed by atoms with E-state index in [2.05, 4.69) is 26.0 Å². The summed E-state index contributed by atoms with van der Waals surface area (Å²) < 4.78 is 11.3. The topological polar surface area (TPSA) is 47.6 Å². The summed E-state index contributed by atoms with van der Waals surface area (Å²) in [6, 6.07) is 5.14. The average molecular weight is 335 g/mol. The standard InChI is InChI=1S/C12H13BrClNO3/c1-17-12(16)10-5-8(6-15-10)18-11-3-2-7(13)4-9(11)14/h2-4,8,10,15H,5-6H2,1H3/t8-,10-/m0/s1. The third kappa shape index (κ3) is 3.16. The summed E-state index contributed by atoms with van der Waals surface area (Å²) >= 11 is 9.40. The van der Waals surface area contributed by atoms with Gasteiger partial charge in [0.2, 0.25) is 0 Å². The SMILES string of the molecule is COC(=O)[C@@H]1C[C@H](Oc2ccc(Br)cc2Cl)CN1. The first-order valence-corrected chi connectivity index (χ1v) is 6.70. The summed E-state index contributed by atoms with van der Waals surface area (Å²) in [6.45, 7) is 0.603. The van der Waals surface area contributed by atoms with E-state index in [4.69, 9.17) is 16.3 Å². The number of carbonyl (C=O) groups is 1. The second kappa shape index (κ2) is 5.91. The van der Waals surface area contributed by atoms with E-state index in [1.54, 1.807) is 12.1 Å². The van der Waals surface area contributed by atoms with Crippen LogP contribution in [0.5, 0.6) is 5.75 Å². The van der Waals surface area contributed by atoms with E-state index in [0.29, 0.717) is 23.7 Å². The predicted octanol–water partition coefficient (Wildman–Crippen LogP) is 2.38. The quantitative estimate of drug-likeness (QED) is 0.862. The Morgan fingerprint density at radius 2 is 2.33 bits per heavy atom. The third-order valence-electron chi connectivity index (χ3n) is 2.76. The van der Waals surface area contributed by atoms with Crippen LogP contribution in [-0.2, 0) is 9.53 Å². The van der Waals surface area contributed by atoms with Crippen LogP contribution in [0.1, 0.15) is 6.42 Å². The highest BCUT2D eigenvalue weighted by molar-refractivity contribution is 9.10. The van der Waals surface area contributed by atoms with E-state index in [1.165, 1.54) is 7.11 Å². The fraction of sp³-hybridized carbons (Fsp3) is 0.417. The molecule has 1 aromatic carbocycles. The predicted molar refractivity (Wildman–Crippen MR) is 72.0 cm³/mol. The monoisotopic (exact) mass is 333 g/mol. The van der Waals surface area contributed by atoms with Gasteiger partial charge in [-0.15, -0.1) is 0 Å². The molecule has 1 heterocycles. The van der Waals surface area contributed by atoms with Gasteiger partial charge in [0.05, 0.1) is 12.1 Å². The first kappa shape index (κ1) is 13.6. The maximum Gasteiger partial charge on any atom is 0.323 e. The number of nitrogens with one attached hydrogen (secondary N) is 1. The van der Waals surface area contributed by atoms with Crippen molar-refractivity contribution in [2.24, 2.45) is 0 Å². The molecule has 1 fully saturated rings. The molecule has 18 heavy (non-hydrogen) atoms. The number of ether oxygens (including phenoxy) is 2. The normalized spacial score (nSPS) is 22.8. The lowest BCUT2D eigenvalue weighted by molar-refractivity contribution is -0.142. The van der Waals surface area contributed by atoms with Gasteiger partial charge in [-0.05, 0) is 18.2 Å². The van der Waals surface area contributed by atoms with Crippen LogP contribution in [0.4, 0.5) is 0 Å². The Hall–Kier alpha value is -0.780. The van der Waals surface area contributed by atoms with Gasteiger partial charge in [-0.3, -0.25) is 4.79 Å². The number of halogens is 2. The third-order valence-corrected chi connectivity index (χ3v) is 3.55. The Morgan fingerprint density at radius 3 is 3.00 bits per heavy atom. The minimum atomic E-state index is -0.297. The van der Waals surface area contributed by atoms with Crippen LogP contribution in [0.25, 0.3) is 0 Å². The number of hydrogen-bond donors (Lipinski definition) is 1. The van der Waals surface area contributed by atoms with Crippen molar-refractivity contribution in [1.29, 1.82) is 0 Å². The van der Waals surface area contributed by atoms with Gasteiger partial charge in [0.1, 0.15) is 17.9 Å². The Kier molecular flexibility index (Phi) is 4.48. The zero-order valence-corrected chi connectivity index (χ0v) is 12.1. The van der Waals surface area contributed by atoms with Gasteiger partial charge < -0.3 is 14.8 Å². The summed E-state index contributed by atoms with van der Waals surface area (Å²) in [7, 11) is 1.38. The molecule has 2 atom stereocenters. The van der Waals surface area contributed by atoms with Gasteiger partial charge in [0.25, 0.3) is 0 Å². The van der Waals surface area contributed by atoms with Crippen molar-refractivity contribution in [2.45, 2.75) is 18.6 Å². The van der Waals surface area contributed by atoms with E-state index in [9.17, 15) is 4.79 Å². The molecule has 0 unspecified atom stereocenters. The van der Waals surface area contributed by atoms with Crippen LogP contribution >= 0.6 is 27.5 Å². The van der Waals surface area contributed by atoms with Crippen LogP contribution in [0.15, 0.2) is 22.7 Å². The lowest BCUT2D eigenvalue weighted by atomic mass is 10.2. The zero-order chi connectivity index (χ0) is 13.1. The Morgan fingerprint density at radius 1 is 1.56 bits per heavy atom. The van der Waals surface area contributed by atoms with Crippen LogP contribution in [0.3, 0.4) is 0 Å². The highest BCUT2D eigenvalue weighted by atomic mass is 79.9. The summed E-state index contributed by atoms with van der Waals surface area (Å²) in [5, 5.41) is 3.60. The average Bonchev–Trinajstić information content (AvgIpc) is 2.80. The van der Waals surface area contributed by atoms with Crippen molar-refractivity contribution in [2.75, 3.05) is 13.7 Å². The molecule has 0 saturated carbocycles. The second-order valence-electron chi connectivity index (χ2n) is 4.03. The number of rotatable bonds is 3. The number of hydrogen-bond acceptors (Lipinski definition) is 4. The van der Waals surface area contributed by atoms with E-state index >= 15 is 0 Å². The minimum absolute atomic E-state index is 0.0761. The molecule has 0 amide bonds. The van der Waals surface area contributed by atoms with Crippen LogP contribution < -0.4 is 10.1 Å². The molecule has 0 radical (unpaired) electrons. The molecule has 1 aromatic rings. The van der Waals surface area contributed by atoms with Crippen LogP contribution in [0, 0.1) is 0 Å². The van der Waals surface area contributed by atoms with Crippen molar-refractivity contribution < 1.29 is 14.3 Å². The number of carbonyl (C=O) groups excluding carboxylic acids is 1. The van der Waals surface area contributed by atoms with Gasteiger partial charge in [-0.1, -0.05) is 27.5 Å². The first-order valence-electron chi connectivity index (χ1n) is 5.53. The Bertz CT molecular complexity index is 455. The number of esters is 1. The molecule has 0 spiro atoms. The van der Waals surface area contributed by atoms with Gasteiger partial charge in [0.15, 0.2) is 0 Å². The molecule has 0 aromatic heterocycles. The fourth-order valence-corrected chi connectivity index (χ4v) is 2.58. The lowest BCUT2D eigenvalue weighted by Gasteiger charge is -2.14. The summed E-state index contributed by atoms with van der Waals surface area (Å²) in [5.41, 5.74) is 0. The maximum absolute atomic E-state index is 11.4.